The number of nitrogens with two attached hydrogens (primary N) is 1. The summed E-state index contributed by atoms with van der Waals surface area (Å²) in [5, 5.41) is 10.7. The second-order valence-corrected chi connectivity index (χ2v) is 6.18. The predicted octanol–water partition coefficient (Wildman–Crippen LogP) is 3.00. The van der Waals surface area contributed by atoms with Gasteiger partial charge in [-0.05, 0) is 36.9 Å². The van der Waals surface area contributed by atoms with Crippen molar-refractivity contribution in [3.05, 3.63) is 63.1 Å². The summed E-state index contributed by atoms with van der Waals surface area (Å²) in [6.45, 7) is 4.60. The lowest BCUT2D eigenvalue weighted by molar-refractivity contribution is 0.769. The summed E-state index contributed by atoms with van der Waals surface area (Å²) in [5.41, 5.74) is 11.3. The Morgan fingerprint density at radius 2 is 2.10 bits per heavy atom. The molecule has 0 aliphatic heterocycles. The van der Waals surface area contributed by atoms with E-state index in [1.165, 1.54) is 16.0 Å². The summed E-state index contributed by atoms with van der Waals surface area (Å²) < 4.78 is 1.93. The van der Waals surface area contributed by atoms with Gasteiger partial charge in [-0.25, -0.2) is 4.68 Å². The normalized spacial score (nSPS) is 11.0. The molecule has 0 atom stereocenters. The summed E-state index contributed by atoms with van der Waals surface area (Å²) in [7, 11) is 0. The molecule has 3 rings (SSSR count). The number of nitrogens with zero attached hydrogens (tertiary/aromatic N) is 3. The lowest BCUT2D eigenvalue weighted by atomic mass is 10.1. The molecule has 0 spiro atoms. The quantitative estimate of drug-likeness (QED) is 0.805. The predicted molar refractivity (Wildman–Crippen MR) is 85.8 cm³/mol. The molecule has 0 saturated carbocycles. The molecule has 0 radical (unpaired) electrons. The average Bonchev–Trinajstić information content (AvgIpc) is 3.09. The summed E-state index contributed by atoms with van der Waals surface area (Å²) in [5.74, 6) is 0. The number of aryl methyl sites for hydroxylation is 2. The Kier molecular flexibility index (Phi) is 3.86. The van der Waals surface area contributed by atoms with E-state index in [2.05, 4.69) is 59.9 Å². The Morgan fingerprint density at radius 3 is 2.76 bits per heavy atom. The highest BCUT2D eigenvalue weighted by atomic mass is 32.1. The number of hydrogen-bond acceptors (Lipinski definition) is 4. The van der Waals surface area contributed by atoms with Crippen molar-refractivity contribution in [2.24, 2.45) is 5.73 Å². The van der Waals surface area contributed by atoms with Crippen LogP contribution < -0.4 is 5.73 Å². The number of rotatable bonds is 4. The molecule has 0 unspecified atom stereocenters. The van der Waals surface area contributed by atoms with Crippen LogP contribution in [0.5, 0.6) is 0 Å². The van der Waals surface area contributed by atoms with E-state index in [9.17, 15) is 0 Å². The topological polar surface area (TPSA) is 56.7 Å². The Morgan fingerprint density at radius 1 is 1.24 bits per heavy atom. The number of thiophene rings is 1. The molecular weight excluding hydrogens is 280 g/mol. The van der Waals surface area contributed by atoms with Crippen LogP contribution in [-0.2, 0) is 13.0 Å². The van der Waals surface area contributed by atoms with E-state index < -0.39 is 0 Å². The largest absolute Gasteiger partial charge is 0.325 e. The molecule has 5 heteroatoms. The van der Waals surface area contributed by atoms with Crippen LogP contribution in [0.3, 0.4) is 0 Å². The van der Waals surface area contributed by atoms with Crippen molar-refractivity contribution in [2.75, 3.05) is 0 Å². The van der Waals surface area contributed by atoms with Gasteiger partial charge in [0.1, 0.15) is 5.69 Å². The average molecular weight is 298 g/mol. The molecule has 2 heterocycles. The first-order valence-corrected chi connectivity index (χ1v) is 7.80. The highest BCUT2D eigenvalue weighted by Crippen LogP contribution is 2.22. The number of aromatic nitrogens is 3. The monoisotopic (exact) mass is 298 g/mol. The van der Waals surface area contributed by atoms with E-state index in [0.717, 1.165) is 23.5 Å². The third-order valence-electron chi connectivity index (χ3n) is 3.54. The molecule has 2 N–H and O–H groups in total. The SMILES string of the molecule is Cc1ccc(-n2nnc(CN)c2Cc2cccs2)c(C)c1. The smallest absolute Gasteiger partial charge is 0.100 e. The summed E-state index contributed by atoms with van der Waals surface area (Å²) in [6.07, 6.45) is 0.810. The third-order valence-corrected chi connectivity index (χ3v) is 4.42. The molecule has 0 aliphatic carbocycles. The molecule has 1 aromatic carbocycles. The van der Waals surface area contributed by atoms with E-state index in [1.807, 2.05) is 4.68 Å². The molecule has 21 heavy (non-hydrogen) atoms. The summed E-state index contributed by atoms with van der Waals surface area (Å²) in [6, 6.07) is 10.5. The van der Waals surface area contributed by atoms with Crippen molar-refractivity contribution in [1.82, 2.24) is 15.0 Å². The van der Waals surface area contributed by atoms with E-state index in [-0.39, 0.29) is 0 Å². The number of hydrogen-bond donors (Lipinski definition) is 1. The van der Waals surface area contributed by atoms with Crippen molar-refractivity contribution in [2.45, 2.75) is 26.8 Å². The van der Waals surface area contributed by atoms with Crippen molar-refractivity contribution in [3.63, 3.8) is 0 Å². The lowest BCUT2D eigenvalue weighted by Crippen LogP contribution is -2.07. The van der Waals surface area contributed by atoms with Gasteiger partial charge in [0.25, 0.3) is 0 Å². The van der Waals surface area contributed by atoms with Gasteiger partial charge in [0.2, 0.25) is 0 Å². The molecule has 108 valence electrons. The van der Waals surface area contributed by atoms with E-state index >= 15 is 0 Å². The molecular formula is C16H18N4S. The number of benzene rings is 1. The van der Waals surface area contributed by atoms with E-state index in [4.69, 9.17) is 5.73 Å². The lowest BCUT2D eigenvalue weighted by Gasteiger charge is -2.10. The zero-order chi connectivity index (χ0) is 14.8. The zero-order valence-corrected chi connectivity index (χ0v) is 13.0. The van der Waals surface area contributed by atoms with Gasteiger partial charge in [0.05, 0.1) is 11.4 Å². The summed E-state index contributed by atoms with van der Waals surface area (Å²) >= 11 is 1.74. The minimum absolute atomic E-state index is 0.408. The molecule has 0 saturated heterocycles. The Balaban J connectivity index is 2.08. The minimum Gasteiger partial charge on any atom is -0.325 e. The first-order chi connectivity index (χ1) is 10.2. The van der Waals surface area contributed by atoms with Gasteiger partial charge < -0.3 is 5.73 Å². The van der Waals surface area contributed by atoms with Crippen LogP contribution in [0, 0.1) is 13.8 Å². The van der Waals surface area contributed by atoms with Crippen molar-refractivity contribution >= 4 is 11.3 Å². The fourth-order valence-electron chi connectivity index (χ4n) is 2.48. The second kappa shape index (κ2) is 5.79. The zero-order valence-electron chi connectivity index (χ0n) is 12.2. The summed E-state index contributed by atoms with van der Waals surface area (Å²) in [4.78, 5) is 1.29. The van der Waals surface area contributed by atoms with E-state index in [0.29, 0.717) is 6.54 Å². The molecule has 0 aliphatic rings. The van der Waals surface area contributed by atoms with Gasteiger partial charge in [-0.3, -0.25) is 0 Å². The van der Waals surface area contributed by atoms with Gasteiger partial charge >= 0.3 is 0 Å². The van der Waals surface area contributed by atoms with Gasteiger partial charge in [0.15, 0.2) is 0 Å². The van der Waals surface area contributed by atoms with E-state index in [1.54, 1.807) is 11.3 Å². The van der Waals surface area contributed by atoms with Crippen molar-refractivity contribution < 1.29 is 0 Å². The molecule has 0 amide bonds. The van der Waals surface area contributed by atoms with Crippen molar-refractivity contribution in [1.29, 1.82) is 0 Å². The van der Waals surface area contributed by atoms with Crippen LogP contribution in [0.25, 0.3) is 5.69 Å². The first-order valence-electron chi connectivity index (χ1n) is 6.92. The third kappa shape index (κ3) is 2.75. The van der Waals surface area contributed by atoms with Crippen LogP contribution in [0.15, 0.2) is 35.7 Å². The van der Waals surface area contributed by atoms with Gasteiger partial charge in [-0.1, -0.05) is 29.0 Å². The highest BCUT2D eigenvalue weighted by Gasteiger charge is 2.15. The second-order valence-electron chi connectivity index (χ2n) is 5.14. The molecule has 3 aromatic rings. The Labute approximate surface area is 128 Å². The molecule has 4 nitrogen and oxygen atoms in total. The van der Waals surface area contributed by atoms with Crippen LogP contribution in [0.2, 0.25) is 0 Å². The molecule has 2 aromatic heterocycles. The fraction of sp³-hybridized carbons (Fsp3) is 0.250. The van der Waals surface area contributed by atoms with Crippen LogP contribution in [0.1, 0.15) is 27.4 Å². The first kappa shape index (κ1) is 14.0. The standard InChI is InChI=1S/C16H18N4S/c1-11-5-6-15(12(2)8-11)20-16(14(10-17)18-19-20)9-13-4-3-7-21-13/h3-8H,9-10,17H2,1-2H3. The van der Waals surface area contributed by atoms with Gasteiger partial charge in [0, 0.05) is 17.8 Å². The van der Waals surface area contributed by atoms with Gasteiger partial charge in [-0.15, -0.1) is 16.4 Å². The fourth-order valence-corrected chi connectivity index (χ4v) is 3.19. The van der Waals surface area contributed by atoms with Crippen molar-refractivity contribution in [3.8, 4) is 5.69 Å². The maximum atomic E-state index is 5.82. The van der Waals surface area contributed by atoms with Gasteiger partial charge in [-0.2, -0.15) is 0 Å². The maximum absolute atomic E-state index is 5.82. The van der Waals surface area contributed by atoms with Crippen LogP contribution in [0.4, 0.5) is 0 Å². The van der Waals surface area contributed by atoms with Crippen LogP contribution >= 0.6 is 11.3 Å². The Hall–Kier alpha value is -1.98. The van der Waals surface area contributed by atoms with Crippen LogP contribution in [-0.4, -0.2) is 15.0 Å². The minimum atomic E-state index is 0.408. The maximum Gasteiger partial charge on any atom is 0.100 e. The molecule has 0 fully saturated rings. The molecule has 0 bridgehead atoms. The highest BCUT2D eigenvalue weighted by molar-refractivity contribution is 7.09. The Bertz CT molecular complexity index is 744.